The Morgan fingerprint density at radius 3 is 2.50 bits per heavy atom. The number of hydrogen-bond donors (Lipinski definition) is 1. The second-order valence-electron chi connectivity index (χ2n) is 3.86. The minimum absolute atomic E-state index is 0.732. The fourth-order valence-corrected chi connectivity index (χ4v) is 1.43. The second-order valence-corrected chi connectivity index (χ2v) is 3.86. The van der Waals surface area contributed by atoms with Gasteiger partial charge in [0.25, 0.3) is 0 Å². The molecule has 0 amide bonds. The van der Waals surface area contributed by atoms with Gasteiger partial charge in [-0.25, -0.2) is 4.99 Å². The molecule has 18 heavy (non-hydrogen) atoms. The van der Waals surface area contributed by atoms with E-state index in [1.165, 1.54) is 5.56 Å². The average Bonchev–Trinajstić information content (AvgIpc) is 2.43. The summed E-state index contributed by atoms with van der Waals surface area (Å²) in [5.41, 5.74) is 3.31. The van der Waals surface area contributed by atoms with Crippen LogP contribution in [-0.4, -0.2) is 5.84 Å². The lowest BCUT2D eigenvalue weighted by molar-refractivity contribution is 1.24. The van der Waals surface area contributed by atoms with Crippen molar-refractivity contribution >= 4 is 17.1 Å². The lowest BCUT2D eigenvalue weighted by Gasteiger charge is -2.07. The van der Waals surface area contributed by atoms with E-state index >= 15 is 0 Å². The summed E-state index contributed by atoms with van der Waals surface area (Å²) in [7, 11) is 0. The highest BCUT2D eigenvalue weighted by Gasteiger charge is 1.98. The van der Waals surface area contributed by atoms with E-state index in [-0.39, 0.29) is 0 Å². The third-order valence-corrected chi connectivity index (χ3v) is 2.55. The summed E-state index contributed by atoms with van der Waals surface area (Å²) in [5.74, 6) is 0.732. The summed E-state index contributed by atoms with van der Waals surface area (Å²) in [6.07, 6.45) is 6.27. The van der Waals surface area contributed by atoms with Crippen LogP contribution in [0.25, 0.3) is 5.57 Å². The third-order valence-electron chi connectivity index (χ3n) is 2.55. The van der Waals surface area contributed by atoms with E-state index in [9.17, 15) is 0 Å². The topological polar surface area (TPSA) is 24.4 Å². The normalized spacial score (nSPS) is 11.6. The summed E-state index contributed by atoms with van der Waals surface area (Å²) in [6.45, 7) is 11.8. The van der Waals surface area contributed by atoms with E-state index in [1.807, 2.05) is 25.1 Å². The second kappa shape index (κ2) is 7.28. The molecule has 0 unspecified atom stereocenters. The molecule has 0 heterocycles. The molecule has 1 aromatic carbocycles. The maximum Gasteiger partial charge on any atom is 0.129 e. The van der Waals surface area contributed by atoms with Crippen molar-refractivity contribution in [1.29, 1.82) is 0 Å². The van der Waals surface area contributed by atoms with Gasteiger partial charge >= 0.3 is 0 Å². The van der Waals surface area contributed by atoms with Crippen molar-refractivity contribution < 1.29 is 0 Å². The van der Waals surface area contributed by atoms with Crippen LogP contribution in [0.15, 0.2) is 60.8 Å². The number of rotatable bonds is 5. The first-order valence-electron chi connectivity index (χ1n) is 6.07. The maximum absolute atomic E-state index is 4.22. The molecule has 0 aliphatic rings. The Labute approximate surface area is 109 Å². The fourth-order valence-electron chi connectivity index (χ4n) is 1.43. The zero-order chi connectivity index (χ0) is 13.4. The zero-order valence-electron chi connectivity index (χ0n) is 11.1. The van der Waals surface area contributed by atoms with Gasteiger partial charge in [-0.3, -0.25) is 0 Å². The van der Waals surface area contributed by atoms with E-state index in [4.69, 9.17) is 0 Å². The first kappa shape index (κ1) is 14.0. The molecule has 1 aromatic rings. The molecule has 0 spiro atoms. The van der Waals surface area contributed by atoms with E-state index in [1.54, 1.807) is 12.3 Å². The Bertz CT molecular complexity index is 464. The highest BCUT2D eigenvalue weighted by Crippen LogP contribution is 2.18. The van der Waals surface area contributed by atoms with Crippen LogP contribution in [0.5, 0.6) is 0 Å². The quantitative estimate of drug-likeness (QED) is 0.588. The zero-order valence-corrected chi connectivity index (χ0v) is 11.1. The van der Waals surface area contributed by atoms with Gasteiger partial charge in [0, 0.05) is 11.9 Å². The molecule has 1 N–H and O–H groups in total. The van der Waals surface area contributed by atoms with E-state index in [2.05, 4.69) is 42.5 Å². The Morgan fingerprint density at radius 1 is 1.33 bits per heavy atom. The molecular formula is C16H20N2. The van der Waals surface area contributed by atoms with Gasteiger partial charge in [-0.15, -0.1) is 0 Å². The monoisotopic (exact) mass is 240 g/mol. The van der Waals surface area contributed by atoms with Crippen LogP contribution in [0, 0.1) is 0 Å². The summed E-state index contributed by atoms with van der Waals surface area (Å²) in [5, 5.41) is 3.20. The largest absolute Gasteiger partial charge is 0.340 e. The molecule has 0 aromatic heterocycles. The van der Waals surface area contributed by atoms with Gasteiger partial charge in [0.15, 0.2) is 0 Å². The van der Waals surface area contributed by atoms with Crippen LogP contribution >= 0.6 is 0 Å². The van der Waals surface area contributed by atoms with Crippen LogP contribution < -0.4 is 5.32 Å². The molecule has 0 bridgehead atoms. The van der Waals surface area contributed by atoms with Crippen molar-refractivity contribution in [2.24, 2.45) is 4.99 Å². The van der Waals surface area contributed by atoms with Crippen molar-refractivity contribution in [2.45, 2.75) is 20.3 Å². The van der Waals surface area contributed by atoms with Crippen LogP contribution in [0.4, 0.5) is 5.69 Å². The predicted octanol–water partition coefficient (Wildman–Crippen LogP) is 4.64. The van der Waals surface area contributed by atoms with Gasteiger partial charge < -0.3 is 5.32 Å². The number of aliphatic imine (C=N–C) groups is 1. The first-order valence-corrected chi connectivity index (χ1v) is 6.07. The molecule has 0 aliphatic carbocycles. The number of hydrogen-bond acceptors (Lipinski definition) is 1. The van der Waals surface area contributed by atoms with E-state index < -0.39 is 0 Å². The van der Waals surface area contributed by atoms with Gasteiger partial charge in [-0.2, -0.15) is 0 Å². The number of allylic oxidation sites excluding steroid dienone is 2. The van der Waals surface area contributed by atoms with Gasteiger partial charge in [0.2, 0.25) is 0 Å². The van der Waals surface area contributed by atoms with Crippen molar-refractivity contribution in [1.82, 2.24) is 0 Å². The highest BCUT2D eigenvalue weighted by atomic mass is 15.0. The Kier molecular flexibility index (Phi) is 5.65. The molecule has 2 nitrogen and oxygen atoms in total. The third kappa shape index (κ3) is 4.06. The molecule has 0 atom stereocenters. The van der Waals surface area contributed by atoms with Gasteiger partial charge in [-0.05, 0) is 42.7 Å². The summed E-state index contributed by atoms with van der Waals surface area (Å²) in [6, 6.07) is 8.16. The van der Waals surface area contributed by atoms with Crippen molar-refractivity contribution in [3.05, 3.63) is 61.3 Å². The van der Waals surface area contributed by atoms with Gasteiger partial charge in [0.05, 0.1) is 0 Å². The number of nitrogens with one attached hydrogen (secondary N) is 1. The molecule has 2 heteroatoms. The Balaban J connectivity index is 2.80. The fraction of sp³-hybridized carbons (Fsp3) is 0.188. The minimum Gasteiger partial charge on any atom is -0.340 e. The predicted molar refractivity (Wildman–Crippen MR) is 81.8 cm³/mol. The summed E-state index contributed by atoms with van der Waals surface area (Å²) >= 11 is 0. The van der Waals surface area contributed by atoms with E-state index in [0.717, 1.165) is 23.5 Å². The lowest BCUT2D eigenvalue weighted by Crippen LogP contribution is -2.07. The maximum atomic E-state index is 4.22. The smallest absolute Gasteiger partial charge is 0.129 e. The van der Waals surface area contributed by atoms with Crippen LogP contribution in [0.3, 0.4) is 0 Å². The highest BCUT2D eigenvalue weighted by molar-refractivity contribution is 6.03. The molecular weight excluding hydrogens is 220 g/mol. The standard InChI is InChI=1S/C16H20N2/c1-5-12-17-16(7-3)18-15-10-8-14(9-11-15)13(4)6-2/h5,7-12H,3-4,6H2,1-2H3,(H,17,18)/b12-5-. The Hall–Kier alpha value is -2.09. The number of amidine groups is 1. The minimum atomic E-state index is 0.732. The molecule has 0 saturated heterocycles. The Morgan fingerprint density at radius 2 is 2.00 bits per heavy atom. The van der Waals surface area contributed by atoms with Crippen molar-refractivity contribution in [3.8, 4) is 0 Å². The van der Waals surface area contributed by atoms with Gasteiger partial charge in [-0.1, -0.05) is 38.3 Å². The molecule has 0 radical (unpaired) electrons. The molecule has 0 fully saturated rings. The van der Waals surface area contributed by atoms with Crippen LogP contribution in [-0.2, 0) is 0 Å². The average molecular weight is 240 g/mol. The molecule has 94 valence electrons. The molecule has 0 saturated carbocycles. The van der Waals surface area contributed by atoms with Crippen molar-refractivity contribution in [3.63, 3.8) is 0 Å². The van der Waals surface area contributed by atoms with E-state index in [0.29, 0.717) is 0 Å². The first-order chi connectivity index (χ1) is 8.71. The number of anilines is 1. The number of nitrogens with zero attached hydrogens (tertiary/aromatic N) is 1. The summed E-state index contributed by atoms with van der Waals surface area (Å²) in [4.78, 5) is 4.22. The molecule has 0 aliphatic heterocycles. The molecule has 1 rings (SSSR count). The van der Waals surface area contributed by atoms with Gasteiger partial charge in [0.1, 0.15) is 5.84 Å². The van der Waals surface area contributed by atoms with Crippen LogP contribution in [0.1, 0.15) is 25.8 Å². The SMILES string of the molecule is C=CC(=N/C=C\C)Nc1ccc(C(=C)CC)cc1. The van der Waals surface area contributed by atoms with Crippen molar-refractivity contribution in [2.75, 3.05) is 5.32 Å². The van der Waals surface area contributed by atoms with Crippen LogP contribution in [0.2, 0.25) is 0 Å². The summed E-state index contributed by atoms with van der Waals surface area (Å²) < 4.78 is 0. The number of benzene rings is 1. The lowest BCUT2D eigenvalue weighted by atomic mass is 10.1.